The Labute approximate surface area is 301 Å². The van der Waals surface area contributed by atoms with E-state index in [1.807, 2.05) is 5.32 Å². The number of hydrogen-bond donors (Lipinski definition) is 2. The van der Waals surface area contributed by atoms with E-state index >= 15 is 0 Å². The summed E-state index contributed by atoms with van der Waals surface area (Å²) in [6.07, 6.45) is 2.17. The van der Waals surface area contributed by atoms with Gasteiger partial charge < -0.3 is 15.8 Å². The summed E-state index contributed by atoms with van der Waals surface area (Å²) in [4.78, 5) is 17.5. The maximum absolute atomic E-state index is 14.4. The maximum Gasteiger partial charge on any atom is 0.407 e. The number of nitrogens with one attached hydrogen (secondary N) is 1. The molecule has 0 fully saturated rings. The lowest BCUT2D eigenvalue weighted by molar-refractivity contribution is 0.0532. The quantitative estimate of drug-likeness (QED) is 0.167. The fraction of sp³-hybridized carbons (Fsp3) is 0.258. The van der Waals surface area contributed by atoms with Gasteiger partial charge in [0.15, 0.2) is 11.7 Å². The minimum atomic E-state index is -5.43. The number of nitrogens with two attached hydrogens (primary N) is 1. The van der Waals surface area contributed by atoms with Gasteiger partial charge in [0.05, 0.1) is 20.8 Å². The Kier molecular flexibility index (Phi) is 15.5. The zero-order chi connectivity index (χ0) is 36.8. The molecule has 0 aliphatic rings. The number of fused-ring (bicyclic) bond motifs is 2. The normalized spacial score (nSPS) is 13.0. The molecule has 280 valence electrons. The number of alkyl halides is 4. The molecule has 0 atom stereocenters. The number of para-hydroxylation sites is 2. The third-order valence-electron chi connectivity index (χ3n) is 6.23. The van der Waals surface area contributed by atoms with Crippen molar-refractivity contribution in [1.82, 2.24) is 15.3 Å². The molecule has 51 heavy (non-hydrogen) atoms. The monoisotopic (exact) mass is 804 g/mol. The number of benzene rings is 2. The zero-order valence-electron chi connectivity index (χ0n) is 26.8. The first-order valence-electron chi connectivity index (χ1n) is 14.0. The van der Waals surface area contributed by atoms with Crippen LogP contribution in [-0.2, 0) is 24.4 Å². The largest absolute Gasteiger partial charge is 0.444 e. The molecule has 0 saturated heterocycles. The van der Waals surface area contributed by atoms with Gasteiger partial charge in [-0.1, -0.05) is 36.4 Å². The van der Waals surface area contributed by atoms with E-state index in [1.165, 1.54) is 60.9 Å². The summed E-state index contributed by atoms with van der Waals surface area (Å²) in [5.74, 6) is -4.31. The highest BCUT2D eigenvalue weighted by Crippen LogP contribution is 2.39. The van der Waals surface area contributed by atoms with Crippen LogP contribution in [0.25, 0.3) is 21.8 Å². The van der Waals surface area contributed by atoms with Crippen molar-refractivity contribution in [2.24, 2.45) is 5.73 Å². The number of pyridine rings is 2. The number of halogens is 8. The predicted octanol–water partition coefficient (Wildman–Crippen LogP) is 7.24. The van der Waals surface area contributed by atoms with E-state index in [4.69, 9.17) is 10.5 Å². The highest BCUT2D eigenvalue weighted by molar-refractivity contribution is 7.93. The van der Waals surface area contributed by atoms with Gasteiger partial charge in [-0.15, -0.1) is 24.8 Å². The van der Waals surface area contributed by atoms with Crippen molar-refractivity contribution in [2.75, 3.05) is 13.1 Å². The molecule has 4 rings (SSSR count). The number of carbonyl (C=O) groups is 1. The molecule has 0 bridgehead atoms. The van der Waals surface area contributed by atoms with Gasteiger partial charge in [-0.05, 0) is 57.2 Å². The first-order valence-corrected chi connectivity index (χ1v) is 17.0. The van der Waals surface area contributed by atoms with Crippen molar-refractivity contribution in [3.8, 4) is 0 Å². The number of sulfone groups is 2. The predicted molar refractivity (Wildman–Crippen MR) is 184 cm³/mol. The molecule has 0 saturated carbocycles. The van der Waals surface area contributed by atoms with E-state index in [1.54, 1.807) is 20.8 Å². The van der Waals surface area contributed by atoms with E-state index in [-0.39, 0.29) is 41.9 Å². The molecule has 0 aliphatic carbocycles. The van der Waals surface area contributed by atoms with Gasteiger partial charge in [0.25, 0.3) is 19.7 Å². The van der Waals surface area contributed by atoms with Crippen molar-refractivity contribution in [3.63, 3.8) is 0 Å². The number of aromatic nitrogens is 2. The molecule has 1 amide bonds. The van der Waals surface area contributed by atoms with Crippen molar-refractivity contribution in [3.05, 3.63) is 96.9 Å². The number of carbonyl (C=O) groups excluding carboxylic acids is 1. The SMILES string of the molecule is CC(C)(C)OC(=O)NC/C=C(\F)C(F)(F)S(=O)(=O)c1cccc2cccnc12.Cl.Cl.NC/C=C(\F)C(F)(F)S(=O)(=O)c1cccc2cccnc12. The van der Waals surface area contributed by atoms with Crippen LogP contribution < -0.4 is 11.1 Å². The van der Waals surface area contributed by atoms with Gasteiger partial charge in [0.1, 0.15) is 5.60 Å². The summed E-state index contributed by atoms with van der Waals surface area (Å²) in [6.45, 7) is 3.54. The first kappa shape index (κ1) is 45.1. The van der Waals surface area contributed by atoms with Crippen LogP contribution in [0.5, 0.6) is 0 Å². The molecule has 10 nitrogen and oxygen atoms in total. The number of ether oxygens (including phenoxy) is 1. The van der Waals surface area contributed by atoms with Crippen LogP contribution in [-0.4, -0.2) is 62.1 Å². The van der Waals surface area contributed by atoms with Crippen LogP contribution in [0.15, 0.2) is 107 Å². The second kappa shape index (κ2) is 17.5. The lowest BCUT2D eigenvalue weighted by Gasteiger charge is -2.19. The smallest absolute Gasteiger partial charge is 0.407 e. The molecule has 20 heteroatoms. The van der Waals surface area contributed by atoms with E-state index in [2.05, 4.69) is 9.97 Å². The molecule has 0 unspecified atom stereocenters. The van der Waals surface area contributed by atoms with Crippen LogP contribution in [0.4, 0.5) is 31.1 Å². The Morgan fingerprint density at radius 3 is 1.53 bits per heavy atom. The van der Waals surface area contributed by atoms with Crippen LogP contribution in [0.2, 0.25) is 0 Å². The van der Waals surface area contributed by atoms with Gasteiger partial charge in [0, 0.05) is 36.3 Å². The highest BCUT2D eigenvalue weighted by Gasteiger charge is 2.52. The number of rotatable bonds is 9. The van der Waals surface area contributed by atoms with E-state index < -0.39 is 76.4 Å². The van der Waals surface area contributed by atoms with Gasteiger partial charge in [-0.2, -0.15) is 17.6 Å². The third-order valence-corrected chi connectivity index (χ3v) is 9.78. The molecular weight excluding hydrogens is 773 g/mol. The summed E-state index contributed by atoms with van der Waals surface area (Å²) in [5, 5.41) is -6.82. The number of hydrogen-bond acceptors (Lipinski definition) is 9. The van der Waals surface area contributed by atoms with Crippen LogP contribution in [0.1, 0.15) is 20.8 Å². The van der Waals surface area contributed by atoms with Crippen LogP contribution in [0.3, 0.4) is 0 Å². The fourth-order valence-corrected chi connectivity index (χ4v) is 6.60. The van der Waals surface area contributed by atoms with Crippen molar-refractivity contribution in [2.45, 2.75) is 46.7 Å². The van der Waals surface area contributed by atoms with Crippen molar-refractivity contribution in [1.29, 1.82) is 0 Å². The van der Waals surface area contributed by atoms with Crippen LogP contribution in [0, 0.1) is 0 Å². The van der Waals surface area contributed by atoms with Crippen molar-refractivity contribution >= 4 is 72.4 Å². The van der Waals surface area contributed by atoms with Gasteiger partial charge in [0.2, 0.25) is 0 Å². The summed E-state index contributed by atoms with van der Waals surface area (Å²) >= 11 is 0. The zero-order valence-corrected chi connectivity index (χ0v) is 30.1. The van der Waals surface area contributed by atoms with Crippen molar-refractivity contribution < 1.29 is 52.7 Å². The van der Waals surface area contributed by atoms with Gasteiger partial charge in [-0.3, -0.25) is 9.97 Å². The molecule has 2 heterocycles. The molecule has 0 aliphatic heterocycles. The molecular formula is C31H32Cl2F6N4O6S2. The molecule has 0 radical (unpaired) electrons. The number of amides is 1. The molecule has 3 N–H and O–H groups in total. The molecule has 2 aromatic heterocycles. The third kappa shape index (κ3) is 10.1. The first-order chi connectivity index (χ1) is 22.7. The second-order valence-electron chi connectivity index (χ2n) is 10.9. The topological polar surface area (TPSA) is 158 Å². The second-order valence-corrected chi connectivity index (χ2v) is 14.8. The number of nitrogens with zero attached hydrogens (tertiary/aromatic N) is 2. The highest BCUT2D eigenvalue weighted by atomic mass is 35.5. The average Bonchev–Trinajstić information content (AvgIpc) is 3.03. The number of alkyl carbamates (subject to hydrolysis) is 1. The lowest BCUT2D eigenvalue weighted by Crippen LogP contribution is -2.34. The summed E-state index contributed by atoms with van der Waals surface area (Å²) in [5.41, 5.74) is 3.78. The molecule has 0 spiro atoms. The van der Waals surface area contributed by atoms with Crippen LogP contribution >= 0.6 is 24.8 Å². The minimum Gasteiger partial charge on any atom is -0.444 e. The van der Waals surface area contributed by atoms with Gasteiger partial charge >= 0.3 is 16.6 Å². The fourth-order valence-electron chi connectivity index (χ4n) is 4.00. The minimum absolute atomic E-state index is 0. The van der Waals surface area contributed by atoms with E-state index in [0.717, 1.165) is 12.1 Å². The maximum atomic E-state index is 14.4. The Balaban J connectivity index is 0.000000509. The molecule has 2 aromatic carbocycles. The van der Waals surface area contributed by atoms with Gasteiger partial charge in [-0.25, -0.2) is 30.4 Å². The van der Waals surface area contributed by atoms with E-state index in [0.29, 0.717) is 16.8 Å². The Morgan fingerprint density at radius 2 is 1.14 bits per heavy atom. The van der Waals surface area contributed by atoms with E-state index in [9.17, 15) is 48.0 Å². The summed E-state index contributed by atoms with van der Waals surface area (Å²) < 4.78 is 138. The summed E-state index contributed by atoms with van der Waals surface area (Å²) in [7, 11) is -10.7. The Hall–Kier alpha value is -3.97. The average molecular weight is 806 g/mol. The Morgan fingerprint density at radius 1 is 0.745 bits per heavy atom. The standard InChI is InChI=1S/C18H19F3N2O4S.C13H11F3N2O2S.2ClH/c1-17(2,3)27-16(24)23-11-9-14(19)18(20,21)28(25,26)13-8-4-6-12-7-5-10-22-15(12)13;14-11(6-7-17)13(15,16)21(19,20)10-5-1-3-9-4-2-8-18-12(9)10;;/h4-10H,11H2,1-3H3,(H,23,24);1-6,8H,7,17H2;2*1H/b14-9-;11-6-;;. The lowest BCUT2D eigenvalue weighted by atomic mass is 10.2. The Bertz CT molecular complexity index is 2120. The summed E-state index contributed by atoms with van der Waals surface area (Å²) in [6, 6.07) is 13.5. The molecule has 4 aromatic rings.